The van der Waals surface area contributed by atoms with Crippen molar-refractivity contribution in [2.24, 2.45) is 0 Å². The molecule has 1 aromatic rings. The number of rotatable bonds is 2. The molecule has 2 nitrogen and oxygen atoms in total. The zero-order chi connectivity index (χ0) is 10.0. The second kappa shape index (κ2) is 4.02. The molecule has 1 aromatic carbocycles. The molecule has 0 aliphatic rings. The van der Waals surface area contributed by atoms with Gasteiger partial charge >= 0.3 is 0 Å². The predicted octanol–water partition coefficient (Wildman–Crippen LogP) is 2.45. The van der Waals surface area contributed by atoms with E-state index in [1.165, 1.54) is 12.1 Å². The van der Waals surface area contributed by atoms with Gasteiger partial charge in [0, 0.05) is 10.0 Å². The zero-order valence-corrected chi connectivity index (χ0v) is 8.00. The van der Waals surface area contributed by atoms with E-state index in [-0.39, 0.29) is 11.3 Å². The summed E-state index contributed by atoms with van der Waals surface area (Å²) in [6.07, 6.45) is -4.74. The van der Waals surface area contributed by atoms with Crippen molar-refractivity contribution in [3.8, 4) is 5.75 Å². The summed E-state index contributed by atoms with van der Waals surface area (Å²) >= 11 is 2.99. The number of halogens is 3. The van der Waals surface area contributed by atoms with Crippen LogP contribution in [0.25, 0.3) is 0 Å². The molecule has 0 fully saturated rings. The molecule has 0 saturated carbocycles. The normalized spacial score (nSPS) is 13.3. The molecule has 0 saturated heterocycles. The Bertz CT molecular complexity index is 304. The molecule has 0 aliphatic heterocycles. The van der Waals surface area contributed by atoms with Crippen molar-refractivity contribution in [3.63, 3.8) is 0 Å². The van der Waals surface area contributed by atoms with Crippen molar-refractivity contribution in [2.45, 2.75) is 12.5 Å². The van der Waals surface area contributed by atoms with Gasteiger partial charge in [0.15, 0.2) is 0 Å². The van der Waals surface area contributed by atoms with E-state index in [9.17, 15) is 8.78 Å². The summed E-state index contributed by atoms with van der Waals surface area (Å²) in [6, 6.07) is 3.84. The quantitative estimate of drug-likeness (QED) is 0.849. The molecule has 0 spiro atoms. The van der Waals surface area contributed by atoms with Gasteiger partial charge in [-0.05, 0) is 18.2 Å². The highest BCUT2D eigenvalue weighted by molar-refractivity contribution is 9.10. The standard InChI is InChI=1S/C8H7BrF2O2/c9-6-2-1-4(12)3-5(6)7(13)8(10)11/h1-3,7-8,12-13H/t7-/m0/s1. The lowest BCUT2D eigenvalue weighted by atomic mass is 10.1. The number of alkyl halides is 2. The van der Waals surface area contributed by atoms with Gasteiger partial charge in [-0.1, -0.05) is 15.9 Å². The maximum atomic E-state index is 12.1. The van der Waals surface area contributed by atoms with Gasteiger partial charge in [-0.25, -0.2) is 8.78 Å². The van der Waals surface area contributed by atoms with E-state index in [1.807, 2.05) is 0 Å². The molecular weight excluding hydrogens is 246 g/mol. The minimum atomic E-state index is -2.86. The first-order valence-corrected chi connectivity index (χ1v) is 4.26. The molecule has 0 aliphatic carbocycles. The topological polar surface area (TPSA) is 40.5 Å². The number of aliphatic hydroxyl groups is 1. The first-order valence-electron chi connectivity index (χ1n) is 3.47. The van der Waals surface area contributed by atoms with Gasteiger partial charge in [0.25, 0.3) is 6.43 Å². The van der Waals surface area contributed by atoms with E-state index in [4.69, 9.17) is 10.2 Å². The molecule has 5 heteroatoms. The highest BCUT2D eigenvalue weighted by atomic mass is 79.9. The summed E-state index contributed by atoms with van der Waals surface area (Å²) in [7, 11) is 0. The average Bonchev–Trinajstić information content (AvgIpc) is 2.08. The van der Waals surface area contributed by atoms with Crippen LogP contribution in [0.5, 0.6) is 5.75 Å². The molecule has 13 heavy (non-hydrogen) atoms. The highest BCUT2D eigenvalue weighted by Crippen LogP contribution is 2.30. The lowest BCUT2D eigenvalue weighted by molar-refractivity contribution is -0.00626. The second-order valence-corrected chi connectivity index (χ2v) is 3.34. The zero-order valence-electron chi connectivity index (χ0n) is 6.42. The first-order chi connectivity index (χ1) is 6.02. The minimum Gasteiger partial charge on any atom is -0.508 e. The number of benzene rings is 1. The van der Waals surface area contributed by atoms with Gasteiger partial charge in [0.2, 0.25) is 0 Å². The van der Waals surface area contributed by atoms with Crippen LogP contribution < -0.4 is 0 Å². The van der Waals surface area contributed by atoms with E-state index < -0.39 is 12.5 Å². The smallest absolute Gasteiger partial charge is 0.268 e. The third-order valence-corrected chi connectivity index (χ3v) is 2.26. The lowest BCUT2D eigenvalue weighted by Gasteiger charge is -2.11. The Balaban J connectivity index is 3.05. The van der Waals surface area contributed by atoms with Gasteiger partial charge in [-0.15, -0.1) is 0 Å². The molecule has 2 N–H and O–H groups in total. The molecule has 0 unspecified atom stereocenters. The molecule has 1 rings (SSSR count). The molecular formula is C8H7BrF2O2. The maximum absolute atomic E-state index is 12.1. The van der Waals surface area contributed by atoms with Crippen LogP contribution in [0.4, 0.5) is 8.78 Å². The number of hydrogen-bond donors (Lipinski definition) is 2. The van der Waals surface area contributed by atoms with Gasteiger partial charge < -0.3 is 10.2 Å². The largest absolute Gasteiger partial charge is 0.508 e. The molecule has 0 aromatic heterocycles. The van der Waals surface area contributed by atoms with Crippen molar-refractivity contribution in [2.75, 3.05) is 0 Å². The Kier molecular flexibility index (Phi) is 3.22. The number of phenols is 1. The summed E-state index contributed by atoms with van der Waals surface area (Å²) in [5.41, 5.74) is -0.0185. The number of aromatic hydroxyl groups is 1. The fourth-order valence-corrected chi connectivity index (χ4v) is 1.37. The summed E-state index contributed by atoms with van der Waals surface area (Å²) in [5.74, 6) is -0.155. The Morgan fingerprint density at radius 2 is 1.92 bits per heavy atom. The van der Waals surface area contributed by atoms with E-state index in [0.29, 0.717) is 4.47 Å². The molecule has 1 atom stereocenters. The SMILES string of the molecule is Oc1ccc(Br)c([C@H](O)C(F)F)c1. The van der Waals surface area contributed by atoms with Crippen LogP contribution in [0.2, 0.25) is 0 Å². The number of aliphatic hydroxyl groups excluding tert-OH is 1. The summed E-state index contributed by atoms with van der Waals surface area (Å²) < 4.78 is 24.5. The van der Waals surface area contributed by atoms with Gasteiger partial charge in [-0.3, -0.25) is 0 Å². The van der Waals surface area contributed by atoms with E-state index in [1.54, 1.807) is 0 Å². The van der Waals surface area contributed by atoms with Gasteiger partial charge in [-0.2, -0.15) is 0 Å². The number of phenolic OH excluding ortho intramolecular Hbond substituents is 1. The van der Waals surface area contributed by atoms with Crippen molar-refractivity contribution < 1.29 is 19.0 Å². The third-order valence-electron chi connectivity index (χ3n) is 1.54. The van der Waals surface area contributed by atoms with Crippen molar-refractivity contribution in [3.05, 3.63) is 28.2 Å². The van der Waals surface area contributed by atoms with E-state index in [2.05, 4.69) is 15.9 Å². The lowest BCUT2D eigenvalue weighted by Crippen LogP contribution is -2.08. The van der Waals surface area contributed by atoms with Crippen molar-refractivity contribution in [1.82, 2.24) is 0 Å². The monoisotopic (exact) mass is 252 g/mol. The molecule has 0 bridgehead atoms. The molecule has 0 amide bonds. The van der Waals surface area contributed by atoms with Crippen molar-refractivity contribution in [1.29, 1.82) is 0 Å². The first kappa shape index (κ1) is 10.4. The van der Waals surface area contributed by atoms with Gasteiger partial charge in [0.1, 0.15) is 11.9 Å². The Labute approximate surface area is 81.9 Å². The second-order valence-electron chi connectivity index (χ2n) is 2.49. The van der Waals surface area contributed by atoms with Gasteiger partial charge in [0.05, 0.1) is 0 Å². The molecule has 0 radical (unpaired) electrons. The fraction of sp³-hybridized carbons (Fsp3) is 0.250. The molecule has 72 valence electrons. The Morgan fingerprint density at radius 1 is 1.31 bits per heavy atom. The van der Waals surface area contributed by atoms with Crippen LogP contribution in [0, 0.1) is 0 Å². The Morgan fingerprint density at radius 3 is 2.46 bits per heavy atom. The van der Waals surface area contributed by atoms with Crippen LogP contribution in [-0.2, 0) is 0 Å². The van der Waals surface area contributed by atoms with Crippen LogP contribution in [0.1, 0.15) is 11.7 Å². The third kappa shape index (κ3) is 2.38. The average molecular weight is 253 g/mol. The van der Waals surface area contributed by atoms with Crippen molar-refractivity contribution >= 4 is 15.9 Å². The predicted molar refractivity (Wildman–Crippen MR) is 46.8 cm³/mol. The Hall–Kier alpha value is -0.680. The molecule has 0 heterocycles. The van der Waals surface area contributed by atoms with Crippen LogP contribution in [-0.4, -0.2) is 16.6 Å². The highest BCUT2D eigenvalue weighted by Gasteiger charge is 2.21. The summed E-state index contributed by atoms with van der Waals surface area (Å²) in [5, 5.41) is 18.0. The fourth-order valence-electron chi connectivity index (χ4n) is 0.894. The van der Waals surface area contributed by atoms with Crippen LogP contribution >= 0.6 is 15.9 Å². The summed E-state index contributed by atoms with van der Waals surface area (Å²) in [6.45, 7) is 0. The van der Waals surface area contributed by atoms with E-state index in [0.717, 1.165) is 6.07 Å². The summed E-state index contributed by atoms with van der Waals surface area (Å²) in [4.78, 5) is 0. The maximum Gasteiger partial charge on any atom is 0.268 e. The van der Waals surface area contributed by atoms with Crippen LogP contribution in [0.3, 0.4) is 0 Å². The number of hydrogen-bond acceptors (Lipinski definition) is 2. The minimum absolute atomic E-state index is 0.0185. The van der Waals surface area contributed by atoms with E-state index >= 15 is 0 Å². The van der Waals surface area contributed by atoms with Crippen LogP contribution in [0.15, 0.2) is 22.7 Å².